The Morgan fingerprint density at radius 1 is 1.47 bits per heavy atom. The fourth-order valence-electron chi connectivity index (χ4n) is 1.05. The number of aromatic carboxylic acids is 1. The first-order valence-corrected chi connectivity index (χ1v) is 8.71. The van der Waals surface area contributed by atoms with E-state index in [2.05, 4.69) is 6.92 Å². The molecule has 94 valence electrons. The van der Waals surface area contributed by atoms with E-state index in [4.69, 9.17) is 9.84 Å². The summed E-state index contributed by atoms with van der Waals surface area (Å²) in [7, 11) is 6.34. The molecule has 1 rings (SSSR count). The highest BCUT2D eigenvalue weighted by Crippen LogP contribution is 2.42. The SMILES string of the molecule is CCCSSSc1ccc(OC)cc1C(=O)O. The van der Waals surface area contributed by atoms with Gasteiger partial charge in [0.1, 0.15) is 5.75 Å². The van der Waals surface area contributed by atoms with Crippen molar-refractivity contribution in [2.24, 2.45) is 0 Å². The molecule has 0 heterocycles. The second kappa shape index (κ2) is 7.79. The van der Waals surface area contributed by atoms with E-state index < -0.39 is 5.97 Å². The van der Waals surface area contributed by atoms with Gasteiger partial charge in [0.2, 0.25) is 0 Å². The molecule has 3 nitrogen and oxygen atoms in total. The predicted molar refractivity (Wildman–Crippen MR) is 76.2 cm³/mol. The molecule has 0 unspecified atom stereocenters. The molecular formula is C11H14O3S3. The Hall–Kier alpha value is -0.460. The van der Waals surface area contributed by atoms with E-state index in [0.29, 0.717) is 11.3 Å². The van der Waals surface area contributed by atoms with Crippen LogP contribution in [0.25, 0.3) is 0 Å². The van der Waals surface area contributed by atoms with Crippen molar-refractivity contribution >= 4 is 37.4 Å². The molecule has 0 aliphatic carbocycles. The highest BCUT2D eigenvalue weighted by Gasteiger charge is 2.12. The van der Waals surface area contributed by atoms with Crippen LogP contribution in [0.5, 0.6) is 5.75 Å². The Balaban J connectivity index is 2.73. The molecule has 0 saturated heterocycles. The quantitative estimate of drug-likeness (QED) is 0.600. The lowest BCUT2D eigenvalue weighted by atomic mass is 10.2. The van der Waals surface area contributed by atoms with E-state index in [1.807, 2.05) is 0 Å². The van der Waals surface area contributed by atoms with E-state index >= 15 is 0 Å². The summed E-state index contributed by atoms with van der Waals surface area (Å²) in [5.74, 6) is 0.710. The number of carboxylic acid groups (broad SMARTS) is 1. The Labute approximate surface area is 112 Å². The first kappa shape index (κ1) is 14.6. The molecule has 0 atom stereocenters. The number of hydrogen-bond acceptors (Lipinski definition) is 5. The predicted octanol–water partition coefficient (Wildman–Crippen LogP) is 4.19. The van der Waals surface area contributed by atoms with E-state index in [9.17, 15) is 4.79 Å². The first-order valence-electron chi connectivity index (χ1n) is 5.06. The van der Waals surface area contributed by atoms with Gasteiger partial charge in [0, 0.05) is 10.6 Å². The van der Waals surface area contributed by atoms with Gasteiger partial charge < -0.3 is 9.84 Å². The zero-order valence-corrected chi connectivity index (χ0v) is 12.1. The standard InChI is InChI=1S/C11H14O3S3/c1-3-6-15-17-16-10-5-4-8(14-2)7-9(10)11(12)13/h4-5,7H,3,6H2,1-2H3,(H,12,13). The molecule has 0 aliphatic rings. The molecule has 0 saturated carbocycles. The zero-order valence-electron chi connectivity index (χ0n) is 9.63. The normalized spacial score (nSPS) is 10.2. The molecule has 0 aromatic heterocycles. The van der Waals surface area contributed by atoms with Crippen LogP contribution >= 0.6 is 31.4 Å². The molecule has 0 radical (unpaired) electrons. The summed E-state index contributed by atoms with van der Waals surface area (Å²) in [5, 5.41) is 9.10. The highest BCUT2D eigenvalue weighted by atomic mass is 33.5. The van der Waals surface area contributed by atoms with Gasteiger partial charge in [-0.3, -0.25) is 0 Å². The number of ether oxygens (including phenoxy) is 1. The topological polar surface area (TPSA) is 46.5 Å². The number of methoxy groups -OCH3 is 1. The van der Waals surface area contributed by atoms with Gasteiger partial charge in [0.15, 0.2) is 0 Å². The lowest BCUT2D eigenvalue weighted by Crippen LogP contribution is -1.99. The van der Waals surface area contributed by atoms with Crippen molar-refractivity contribution in [2.75, 3.05) is 12.9 Å². The summed E-state index contributed by atoms with van der Waals surface area (Å²) < 4.78 is 5.02. The van der Waals surface area contributed by atoms with Crippen LogP contribution in [0.2, 0.25) is 0 Å². The maximum Gasteiger partial charge on any atom is 0.336 e. The molecule has 0 bridgehead atoms. The summed E-state index contributed by atoms with van der Waals surface area (Å²) in [4.78, 5) is 11.9. The third-order valence-corrected chi connectivity index (χ3v) is 6.16. The number of carbonyl (C=O) groups is 1. The summed E-state index contributed by atoms with van der Waals surface area (Å²) in [6, 6.07) is 5.11. The fraction of sp³-hybridized carbons (Fsp3) is 0.364. The molecule has 17 heavy (non-hydrogen) atoms. The smallest absolute Gasteiger partial charge is 0.336 e. The van der Waals surface area contributed by atoms with Gasteiger partial charge in [-0.1, -0.05) is 17.7 Å². The molecule has 0 aliphatic heterocycles. The van der Waals surface area contributed by atoms with E-state index in [-0.39, 0.29) is 0 Å². The highest BCUT2D eigenvalue weighted by molar-refractivity contribution is 9.09. The van der Waals surface area contributed by atoms with E-state index in [0.717, 1.165) is 17.1 Å². The van der Waals surface area contributed by atoms with Gasteiger partial charge in [0.25, 0.3) is 0 Å². The minimum atomic E-state index is -0.924. The van der Waals surface area contributed by atoms with Crippen LogP contribution in [0.4, 0.5) is 0 Å². The van der Waals surface area contributed by atoms with Crippen molar-refractivity contribution in [3.63, 3.8) is 0 Å². The zero-order chi connectivity index (χ0) is 12.7. The van der Waals surface area contributed by atoms with Gasteiger partial charge in [-0.25, -0.2) is 4.79 Å². The number of carboxylic acids is 1. The summed E-state index contributed by atoms with van der Waals surface area (Å²) in [6.45, 7) is 2.12. The average molecular weight is 290 g/mol. The Kier molecular flexibility index (Phi) is 6.69. The lowest BCUT2D eigenvalue weighted by molar-refractivity contribution is 0.0692. The van der Waals surface area contributed by atoms with E-state index in [1.54, 1.807) is 38.8 Å². The number of rotatable bonds is 7. The van der Waals surface area contributed by atoms with Crippen molar-refractivity contribution < 1.29 is 14.6 Å². The van der Waals surface area contributed by atoms with Crippen LogP contribution in [0.1, 0.15) is 23.7 Å². The van der Waals surface area contributed by atoms with Crippen molar-refractivity contribution in [1.82, 2.24) is 0 Å². The summed E-state index contributed by atoms with van der Waals surface area (Å²) in [6.07, 6.45) is 1.12. The molecule has 0 spiro atoms. The van der Waals surface area contributed by atoms with Gasteiger partial charge in [-0.2, -0.15) is 0 Å². The van der Waals surface area contributed by atoms with Crippen LogP contribution in [0.3, 0.4) is 0 Å². The third-order valence-electron chi connectivity index (χ3n) is 1.88. The Morgan fingerprint density at radius 3 is 2.82 bits per heavy atom. The summed E-state index contributed by atoms with van der Waals surface area (Å²) in [5.41, 5.74) is 0.291. The summed E-state index contributed by atoms with van der Waals surface area (Å²) >= 11 is 0. The van der Waals surface area contributed by atoms with Crippen molar-refractivity contribution in [1.29, 1.82) is 0 Å². The maximum absolute atomic E-state index is 11.1. The van der Waals surface area contributed by atoms with Crippen LogP contribution in [0.15, 0.2) is 23.1 Å². The third kappa shape index (κ3) is 4.73. The van der Waals surface area contributed by atoms with Crippen molar-refractivity contribution in [3.8, 4) is 5.75 Å². The maximum atomic E-state index is 11.1. The molecule has 1 aromatic rings. The van der Waals surface area contributed by atoms with Gasteiger partial charge in [-0.05, 0) is 45.2 Å². The number of hydrogen-bond donors (Lipinski definition) is 1. The van der Waals surface area contributed by atoms with Crippen LogP contribution in [-0.4, -0.2) is 23.9 Å². The Bertz CT molecular complexity index is 382. The van der Waals surface area contributed by atoms with Gasteiger partial charge in [-0.15, -0.1) is 0 Å². The van der Waals surface area contributed by atoms with Crippen LogP contribution in [0, 0.1) is 0 Å². The minimum absolute atomic E-state index is 0.291. The van der Waals surface area contributed by atoms with Gasteiger partial charge in [0.05, 0.1) is 12.7 Å². The second-order valence-corrected chi connectivity index (χ2v) is 7.37. The fourth-order valence-corrected chi connectivity index (χ4v) is 4.98. The van der Waals surface area contributed by atoms with Crippen LogP contribution in [-0.2, 0) is 0 Å². The first-order chi connectivity index (χ1) is 8.19. The minimum Gasteiger partial charge on any atom is -0.497 e. The van der Waals surface area contributed by atoms with Crippen molar-refractivity contribution in [2.45, 2.75) is 18.2 Å². The average Bonchev–Trinajstić information content (AvgIpc) is 2.34. The molecular weight excluding hydrogens is 276 g/mol. The molecule has 1 aromatic carbocycles. The van der Waals surface area contributed by atoms with Crippen molar-refractivity contribution in [3.05, 3.63) is 23.8 Å². The molecule has 6 heteroatoms. The molecule has 0 fully saturated rings. The number of benzene rings is 1. The van der Waals surface area contributed by atoms with Gasteiger partial charge >= 0.3 is 5.97 Å². The molecule has 1 N–H and O–H groups in total. The Morgan fingerprint density at radius 2 is 2.24 bits per heavy atom. The van der Waals surface area contributed by atoms with E-state index in [1.165, 1.54) is 17.9 Å². The molecule has 0 amide bonds. The van der Waals surface area contributed by atoms with Crippen LogP contribution < -0.4 is 4.74 Å². The second-order valence-electron chi connectivity index (χ2n) is 3.14. The monoisotopic (exact) mass is 290 g/mol. The lowest BCUT2D eigenvalue weighted by Gasteiger charge is -2.06. The largest absolute Gasteiger partial charge is 0.497 e.